The number of rotatable bonds is 12. The van der Waals surface area contributed by atoms with Gasteiger partial charge in [0.2, 0.25) is 11.8 Å². The van der Waals surface area contributed by atoms with Crippen LogP contribution in [-0.4, -0.2) is 62.7 Å². The fourth-order valence-corrected chi connectivity index (χ4v) is 5.05. The van der Waals surface area contributed by atoms with Gasteiger partial charge in [-0.1, -0.05) is 48.5 Å². The Morgan fingerprint density at radius 2 is 1.30 bits per heavy atom. The van der Waals surface area contributed by atoms with Crippen LogP contribution in [0.1, 0.15) is 16.7 Å². The fourth-order valence-electron chi connectivity index (χ4n) is 5.05. The number of nitrogens with two attached hydrogens (primary N) is 1. The number of aliphatic hydroxyl groups is 1. The molecule has 244 valence electrons. The van der Waals surface area contributed by atoms with Gasteiger partial charge in [-0.15, -0.1) is 0 Å². The third kappa shape index (κ3) is 8.74. The number of carbonyl (C=O) groups is 4. The SMILES string of the molecule is Cc1cc(C)cc(N(CC(=O)N(CC(=O)N(C)c2ccccc2)c2ccccc2OCC(N)=O)C(=O)N(C)c2cccc(CO)c2)c1. The number of aryl methyl sites for hydroxylation is 2. The largest absolute Gasteiger partial charge is 0.482 e. The lowest BCUT2D eigenvalue weighted by Crippen LogP contribution is -2.50. The summed E-state index contributed by atoms with van der Waals surface area (Å²) in [6.07, 6.45) is 0. The Hall–Kier alpha value is -5.68. The first-order valence-corrected chi connectivity index (χ1v) is 14.9. The molecule has 0 aromatic heterocycles. The molecule has 4 aromatic carbocycles. The first-order valence-electron chi connectivity index (χ1n) is 14.9. The number of likely N-dealkylation sites (N-methyl/N-ethyl adjacent to an activating group) is 1. The van der Waals surface area contributed by atoms with Gasteiger partial charge in [-0.2, -0.15) is 0 Å². The van der Waals surface area contributed by atoms with Crippen LogP contribution in [-0.2, 0) is 21.0 Å². The molecular weight excluding hydrogens is 598 g/mol. The highest BCUT2D eigenvalue weighted by atomic mass is 16.5. The van der Waals surface area contributed by atoms with Crippen LogP contribution in [0.15, 0.2) is 97.1 Å². The number of carbonyl (C=O) groups excluding carboxylic acids is 4. The van der Waals surface area contributed by atoms with Crippen LogP contribution in [0, 0.1) is 13.8 Å². The third-order valence-corrected chi connectivity index (χ3v) is 7.45. The number of urea groups is 1. The van der Waals surface area contributed by atoms with Crippen LogP contribution >= 0.6 is 0 Å². The Morgan fingerprint density at radius 3 is 1.96 bits per heavy atom. The maximum absolute atomic E-state index is 14.4. The number of para-hydroxylation sites is 3. The first kappa shape index (κ1) is 34.2. The molecule has 3 N–H and O–H groups in total. The van der Waals surface area contributed by atoms with Crippen LogP contribution in [0.5, 0.6) is 5.75 Å². The topological polar surface area (TPSA) is 137 Å². The molecule has 4 rings (SSSR count). The maximum atomic E-state index is 14.4. The van der Waals surface area contributed by atoms with E-state index in [9.17, 15) is 24.3 Å². The Bertz CT molecular complexity index is 1720. The van der Waals surface area contributed by atoms with E-state index in [0.717, 1.165) is 11.1 Å². The molecule has 0 spiro atoms. The first-order chi connectivity index (χ1) is 22.5. The van der Waals surface area contributed by atoms with E-state index < -0.39 is 43.4 Å². The normalized spacial score (nSPS) is 10.6. The minimum absolute atomic E-state index is 0.164. The molecule has 11 heteroatoms. The Kier molecular flexibility index (Phi) is 11.3. The van der Waals surface area contributed by atoms with Crippen LogP contribution in [0.2, 0.25) is 0 Å². The maximum Gasteiger partial charge on any atom is 0.329 e. The predicted molar refractivity (Wildman–Crippen MR) is 183 cm³/mol. The van der Waals surface area contributed by atoms with Crippen molar-refractivity contribution >= 4 is 46.5 Å². The van der Waals surface area contributed by atoms with Crippen molar-refractivity contribution in [2.45, 2.75) is 20.5 Å². The molecule has 0 aliphatic rings. The van der Waals surface area contributed by atoms with E-state index in [-0.39, 0.29) is 18.0 Å². The van der Waals surface area contributed by atoms with Crippen LogP contribution in [0.3, 0.4) is 0 Å². The summed E-state index contributed by atoms with van der Waals surface area (Å²) in [4.78, 5) is 59.2. The number of nitrogens with zero attached hydrogens (tertiary/aromatic N) is 4. The Balaban J connectivity index is 1.76. The number of aliphatic hydroxyl groups excluding tert-OH is 1. The third-order valence-electron chi connectivity index (χ3n) is 7.45. The van der Waals surface area contributed by atoms with E-state index in [1.54, 1.807) is 99.0 Å². The summed E-state index contributed by atoms with van der Waals surface area (Å²) in [5.74, 6) is -1.54. The molecule has 0 aliphatic heterocycles. The molecule has 0 bridgehead atoms. The number of hydrogen-bond acceptors (Lipinski definition) is 6. The quantitative estimate of drug-likeness (QED) is 0.236. The molecule has 0 atom stereocenters. The Morgan fingerprint density at radius 1 is 0.681 bits per heavy atom. The van der Waals surface area contributed by atoms with Gasteiger partial charge in [-0.05, 0) is 79.1 Å². The van der Waals surface area contributed by atoms with Gasteiger partial charge in [0.05, 0.1) is 12.3 Å². The lowest BCUT2D eigenvalue weighted by molar-refractivity contribution is -0.121. The lowest BCUT2D eigenvalue weighted by Gasteiger charge is -2.32. The highest BCUT2D eigenvalue weighted by Crippen LogP contribution is 2.30. The second-order valence-corrected chi connectivity index (χ2v) is 11.1. The van der Waals surface area contributed by atoms with E-state index >= 15 is 0 Å². The molecule has 0 saturated carbocycles. The minimum Gasteiger partial charge on any atom is -0.482 e. The fraction of sp³-hybridized carbons (Fsp3) is 0.222. The molecule has 0 heterocycles. The number of anilines is 4. The summed E-state index contributed by atoms with van der Waals surface area (Å²) in [6, 6.07) is 27.4. The van der Waals surface area contributed by atoms with Crippen molar-refractivity contribution < 1.29 is 29.0 Å². The monoisotopic (exact) mass is 637 g/mol. The van der Waals surface area contributed by atoms with Gasteiger partial charge in [0.15, 0.2) is 6.61 Å². The van der Waals surface area contributed by atoms with Crippen LogP contribution < -0.4 is 30.1 Å². The number of benzene rings is 4. The summed E-state index contributed by atoms with van der Waals surface area (Å²) in [5, 5.41) is 9.66. The van der Waals surface area contributed by atoms with E-state index in [0.29, 0.717) is 22.6 Å². The number of amides is 5. The van der Waals surface area contributed by atoms with Crippen LogP contribution in [0.4, 0.5) is 27.5 Å². The molecule has 0 aliphatic carbocycles. The van der Waals surface area contributed by atoms with Crippen molar-refractivity contribution in [3.05, 3.63) is 114 Å². The zero-order valence-corrected chi connectivity index (χ0v) is 26.9. The summed E-state index contributed by atoms with van der Waals surface area (Å²) in [6.45, 7) is 2.30. The summed E-state index contributed by atoms with van der Waals surface area (Å²) in [7, 11) is 3.19. The van der Waals surface area contributed by atoms with E-state index in [4.69, 9.17) is 10.5 Å². The van der Waals surface area contributed by atoms with Gasteiger partial charge in [-0.25, -0.2) is 4.79 Å². The van der Waals surface area contributed by atoms with Gasteiger partial charge in [0.1, 0.15) is 18.8 Å². The van der Waals surface area contributed by atoms with Crippen molar-refractivity contribution in [1.82, 2.24) is 0 Å². The molecule has 0 unspecified atom stereocenters. The molecule has 47 heavy (non-hydrogen) atoms. The highest BCUT2D eigenvalue weighted by molar-refractivity contribution is 6.11. The van der Waals surface area contributed by atoms with Gasteiger partial charge in [-0.3, -0.25) is 29.1 Å². The molecule has 11 nitrogen and oxygen atoms in total. The summed E-state index contributed by atoms with van der Waals surface area (Å²) in [5.41, 5.74) is 9.57. The molecule has 4 aromatic rings. The minimum atomic E-state index is -0.711. The van der Waals surface area contributed by atoms with Crippen molar-refractivity contribution in [3.63, 3.8) is 0 Å². The van der Waals surface area contributed by atoms with Crippen molar-refractivity contribution in [2.24, 2.45) is 5.73 Å². The zero-order valence-electron chi connectivity index (χ0n) is 26.9. The van der Waals surface area contributed by atoms with Gasteiger partial charge in [0.25, 0.3) is 5.91 Å². The second kappa shape index (κ2) is 15.5. The van der Waals surface area contributed by atoms with Crippen molar-refractivity contribution in [3.8, 4) is 5.75 Å². The standard InChI is InChI=1S/C36H39N5O6/c1-25-17-26(2)19-30(18-25)40(36(46)39(4)29-14-10-11-27(20-29)23-42)22-35(45)41(21-34(44)38(3)28-12-6-5-7-13-28)31-15-8-9-16-32(31)47-24-33(37)43/h5-20,42H,21-24H2,1-4H3,(H2,37,43). The number of ether oxygens (including phenoxy) is 1. The molecule has 0 radical (unpaired) electrons. The molecule has 0 saturated heterocycles. The average molecular weight is 638 g/mol. The van der Waals surface area contributed by atoms with Gasteiger partial charge < -0.3 is 20.5 Å². The van der Waals surface area contributed by atoms with Crippen molar-refractivity contribution in [2.75, 3.05) is 53.4 Å². The van der Waals surface area contributed by atoms with E-state index in [2.05, 4.69) is 0 Å². The number of hydrogen-bond donors (Lipinski definition) is 2. The zero-order chi connectivity index (χ0) is 34.1. The number of primary amides is 1. The van der Waals surface area contributed by atoms with E-state index in [1.165, 1.54) is 19.6 Å². The van der Waals surface area contributed by atoms with Gasteiger partial charge >= 0.3 is 6.03 Å². The smallest absolute Gasteiger partial charge is 0.329 e. The van der Waals surface area contributed by atoms with Crippen molar-refractivity contribution in [1.29, 1.82) is 0 Å². The molecular formula is C36H39N5O6. The summed E-state index contributed by atoms with van der Waals surface area (Å²) < 4.78 is 5.64. The molecule has 0 fully saturated rings. The Labute approximate surface area is 274 Å². The predicted octanol–water partition coefficient (Wildman–Crippen LogP) is 4.42. The average Bonchev–Trinajstić information content (AvgIpc) is 3.07. The molecule has 5 amide bonds. The van der Waals surface area contributed by atoms with Crippen LogP contribution in [0.25, 0.3) is 0 Å². The van der Waals surface area contributed by atoms with Gasteiger partial charge in [0, 0.05) is 31.2 Å². The lowest BCUT2D eigenvalue weighted by atomic mass is 10.1. The second-order valence-electron chi connectivity index (χ2n) is 11.1. The highest BCUT2D eigenvalue weighted by Gasteiger charge is 2.30. The summed E-state index contributed by atoms with van der Waals surface area (Å²) >= 11 is 0. The van der Waals surface area contributed by atoms with E-state index in [1.807, 2.05) is 26.0 Å².